The van der Waals surface area contributed by atoms with Crippen LogP contribution >= 0.6 is 0 Å². The average Bonchev–Trinajstić information content (AvgIpc) is 2.76. The summed E-state index contributed by atoms with van der Waals surface area (Å²) in [6.45, 7) is 1.80. The lowest BCUT2D eigenvalue weighted by Crippen LogP contribution is -2.09. The van der Waals surface area contributed by atoms with E-state index in [2.05, 4.69) is 5.10 Å². The number of nitrogens with zero attached hydrogens (tertiary/aromatic N) is 2. The Hall–Kier alpha value is -1.82. The molecular weight excluding hydrogens is 262 g/mol. The van der Waals surface area contributed by atoms with Crippen LogP contribution in [0.2, 0.25) is 0 Å². The van der Waals surface area contributed by atoms with Crippen molar-refractivity contribution in [3.05, 3.63) is 41.7 Å². The van der Waals surface area contributed by atoms with Gasteiger partial charge in [0.2, 0.25) is 0 Å². The second-order valence-electron chi connectivity index (χ2n) is 4.61. The molecule has 0 saturated heterocycles. The lowest BCUT2D eigenvalue weighted by Gasteiger charge is -2.06. The molecule has 19 heavy (non-hydrogen) atoms. The van der Waals surface area contributed by atoms with Gasteiger partial charge in [0, 0.05) is 18.9 Å². The van der Waals surface area contributed by atoms with E-state index in [1.54, 1.807) is 43.0 Å². The second kappa shape index (κ2) is 5.05. The number of aryl methyl sites for hydroxylation is 3. The molecule has 0 aliphatic rings. The van der Waals surface area contributed by atoms with E-state index in [1.807, 2.05) is 6.20 Å². The van der Waals surface area contributed by atoms with Crippen LogP contribution in [-0.2, 0) is 23.3 Å². The predicted octanol–water partition coefficient (Wildman–Crippen LogP) is 1.33. The minimum absolute atomic E-state index is 0.0715. The summed E-state index contributed by atoms with van der Waals surface area (Å²) in [5.41, 5.74) is 7.99. The van der Waals surface area contributed by atoms with Crippen LogP contribution in [0.25, 0.3) is 0 Å². The summed E-state index contributed by atoms with van der Waals surface area (Å²) in [4.78, 5) is 0.322. The third kappa shape index (κ3) is 3.14. The molecule has 0 fully saturated rings. The van der Waals surface area contributed by atoms with E-state index in [4.69, 9.17) is 5.73 Å². The van der Waals surface area contributed by atoms with Gasteiger partial charge < -0.3 is 5.73 Å². The minimum atomic E-state index is -3.28. The molecule has 0 aliphatic carbocycles. The fourth-order valence-corrected chi connectivity index (χ4v) is 3.18. The number of anilines is 1. The van der Waals surface area contributed by atoms with Crippen LogP contribution in [0.3, 0.4) is 0 Å². The molecule has 2 aromatic rings. The molecule has 0 saturated carbocycles. The van der Waals surface area contributed by atoms with Crippen molar-refractivity contribution >= 4 is 15.5 Å². The zero-order valence-corrected chi connectivity index (χ0v) is 11.8. The highest BCUT2D eigenvalue weighted by Gasteiger charge is 2.15. The number of hydrogen-bond acceptors (Lipinski definition) is 4. The maximum atomic E-state index is 12.2. The first-order valence-corrected chi connectivity index (χ1v) is 7.60. The molecule has 0 spiro atoms. The standard InChI is InChI=1S/C13H17N3O2S/c1-10-7-12(3-4-13(10)14)19(17,18)6-5-11-8-15-16(2)9-11/h3-4,7-9H,5-6,14H2,1-2H3. The van der Waals surface area contributed by atoms with Crippen LogP contribution in [0.4, 0.5) is 5.69 Å². The Morgan fingerprint density at radius 3 is 2.68 bits per heavy atom. The van der Waals surface area contributed by atoms with Crippen molar-refractivity contribution in [3.63, 3.8) is 0 Å². The summed E-state index contributed by atoms with van der Waals surface area (Å²) in [5.74, 6) is 0.0715. The number of benzene rings is 1. The Morgan fingerprint density at radius 2 is 2.11 bits per heavy atom. The van der Waals surface area contributed by atoms with Crippen LogP contribution < -0.4 is 5.73 Å². The van der Waals surface area contributed by atoms with Crippen molar-refractivity contribution in [2.45, 2.75) is 18.2 Å². The van der Waals surface area contributed by atoms with Gasteiger partial charge in [-0.25, -0.2) is 8.42 Å². The Bertz CT molecular complexity index is 690. The quantitative estimate of drug-likeness (QED) is 0.856. The van der Waals surface area contributed by atoms with Crippen LogP contribution in [0.15, 0.2) is 35.5 Å². The molecule has 0 radical (unpaired) electrons. The molecule has 6 heteroatoms. The number of hydrogen-bond donors (Lipinski definition) is 1. The minimum Gasteiger partial charge on any atom is -0.399 e. The number of nitrogen functional groups attached to an aromatic ring is 1. The fourth-order valence-electron chi connectivity index (χ4n) is 1.81. The molecule has 0 atom stereocenters. The number of nitrogens with two attached hydrogens (primary N) is 1. The topological polar surface area (TPSA) is 78.0 Å². The van der Waals surface area contributed by atoms with Crippen molar-refractivity contribution < 1.29 is 8.42 Å². The highest BCUT2D eigenvalue weighted by Crippen LogP contribution is 2.18. The smallest absolute Gasteiger partial charge is 0.178 e. The number of aromatic nitrogens is 2. The molecule has 1 aromatic carbocycles. The lowest BCUT2D eigenvalue weighted by atomic mass is 10.2. The van der Waals surface area contributed by atoms with Gasteiger partial charge in [-0.2, -0.15) is 5.10 Å². The predicted molar refractivity (Wildman–Crippen MR) is 74.6 cm³/mol. The first-order chi connectivity index (χ1) is 8.88. The zero-order chi connectivity index (χ0) is 14.0. The first kappa shape index (κ1) is 13.6. The number of sulfone groups is 1. The molecular formula is C13H17N3O2S. The molecule has 0 amide bonds. The third-order valence-corrected chi connectivity index (χ3v) is 4.73. The third-order valence-electron chi connectivity index (χ3n) is 3.02. The van der Waals surface area contributed by atoms with E-state index < -0.39 is 9.84 Å². The van der Waals surface area contributed by atoms with E-state index in [0.717, 1.165) is 11.1 Å². The van der Waals surface area contributed by atoms with Gasteiger partial charge in [0.1, 0.15) is 0 Å². The van der Waals surface area contributed by atoms with Crippen LogP contribution in [0.5, 0.6) is 0 Å². The van der Waals surface area contributed by atoms with E-state index in [-0.39, 0.29) is 5.75 Å². The first-order valence-electron chi connectivity index (χ1n) is 5.95. The summed E-state index contributed by atoms with van der Waals surface area (Å²) in [5, 5.41) is 4.02. The van der Waals surface area contributed by atoms with Gasteiger partial charge in [0.15, 0.2) is 9.84 Å². The van der Waals surface area contributed by atoms with E-state index in [1.165, 1.54) is 0 Å². The van der Waals surface area contributed by atoms with Crippen molar-refractivity contribution in [3.8, 4) is 0 Å². The molecule has 2 rings (SSSR count). The van der Waals surface area contributed by atoms with Gasteiger partial charge >= 0.3 is 0 Å². The van der Waals surface area contributed by atoms with Gasteiger partial charge in [-0.05, 0) is 42.7 Å². The average molecular weight is 279 g/mol. The van der Waals surface area contributed by atoms with Crippen LogP contribution in [0, 0.1) is 6.92 Å². The molecule has 102 valence electrons. The van der Waals surface area contributed by atoms with E-state index in [0.29, 0.717) is 17.0 Å². The largest absolute Gasteiger partial charge is 0.399 e. The fraction of sp³-hybridized carbons (Fsp3) is 0.308. The Balaban J connectivity index is 2.16. The molecule has 1 aromatic heterocycles. The SMILES string of the molecule is Cc1cc(S(=O)(=O)CCc2cnn(C)c2)ccc1N. The summed E-state index contributed by atoms with van der Waals surface area (Å²) >= 11 is 0. The summed E-state index contributed by atoms with van der Waals surface area (Å²) in [7, 11) is -1.47. The molecule has 2 N–H and O–H groups in total. The summed E-state index contributed by atoms with van der Waals surface area (Å²) in [6.07, 6.45) is 3.97. The molecule has 0 unspecified atom stereocenters. The van der Waals surface area contributed by atoms with E-state index in [9.17, 15) is 8.42 Å². The van der Waals surface area contributed by atoms with Gasteiger partial charge in [-0.1, -0.05) is 0 Å². The van der Waals surface area contributed by atoms with Crippen molar-refractivity contribution in [2.75, 3.05) is 11.5 Å². The Kier molecular flexibility index (Phi) is 3.61. The molecule has 0 aliphatic heterocycles. The molecule has 0 bridgehead atoms. The highest BCUT2D eigenvalue weighted by molar-refractivity contribution is 7.91. The van der Waals surface area contributed by atoms with Crippen LogP contribution in [0.1, 0.15) is 11.1 Å². The zero-order valence-electron chi connectivity index (χ0n) is 11.0. The molecule has 1 heterocycles. The normalized spacial score (nSPS) is 11.7. The number of rotatable bonds is 4. The lowest BCUT2D eigenvalue weighted by molar-refractivity contribution is 0.595. The Labute approximate surface area is 113 Å². The molecule has 5 nitrogen and oxygen atoms in total. The van der Waals surface area contributed by atoms with Crippen LogP contribution in [-0.4, -0.2) is 24.0 Å². The van der Waals surface area contributed by atoms with Crippen molar-refractivity contribution in [1.82, 2.24) is 9.78 Å². The van der Waals surface area contributed by atoms with Gasteiger partial charge in [0.05, 0.1) is 16.8 Å². The Morgan fingerprint density at radius 1 is 1.37 bits per heavy atom. The van der Waals surface area contributed by atoms with Crippen molar-refractivity contribution in [2.24, 2.45) is 7.05 Å². The second-order valence-corrected chi connectivity index (χ2v) is 6.72. The summed E-state index contributed by atoms with van der Waals surface area (Å²) in [6, 6.07) is 4.81. The van der Waals surface area contributed by atoms with Crippen molar-refractivity contribution in [1.29, 1.82) is 0 Å². The monoisotopic (exact) mass is 279 g/mol. The van der Waals surface area contributed by atoms with Gasteiger partial charge in [0.25, 0.3) is 0 Å². The van der Waals surface area contributed by atoms with E-state index >= 15 is 0 Å². The highest BCUT2D eigenvalue weighted by atomic mass is 32.2. The van der Waals surface area contributed by atoms with Gasteiger partial charge in [-0.15, -0.1) is 0 Å². The maximum Gasteiger partial charge on any atom is 0.178 e. The maximum absolute atomic E-state index is 12.2. The van der Waals surface area contributed by atoms with Gasteiger partial charge in [-0.3, -0.25) is 4.68 Å². The summed E-state index contributed by atoms with van der Waals surface area (Å²) < 4.78 is 26.1.